The van der Waals surface area contributed by atoms with Crippen LogP contribution in [0.25, 0.3) is 10.1 Å². The highest BCUT2D eigenvalue weighted by Crippen LogP contribution is 2.33. The monoisotopic (exact) mass is 476 g/mol. The number of aromatic nitrogens is 1. The number of carbonyl (C=O) groups excluding carboxylic acids is 1. The van der Waals surface area contributed by atoms with E-state index in [1.54, 1.807) is 16.4 Å². The van der Waals surface area contributed by atoms with Crippen LogP contribution >= 0.6 is 11.5 Å². The third kappa shape index (κ3) is 4.55. The highest BCUT2D eigenvalue weighted by Gasteiger charge is 2.29. The maximum atomic E-state index is 12.6. The van der Waals surface area contributed by atoms with E-state index in [9.17, 15) is 4.79 Å². The van der Waals surface area contributed by atoms with E-state index in [4.69, 9.17) is 9.11 Å². The number of aryl methyl sites for hydroxylation is 1. The van der Waals surface area contributed by atoms with Crippen molar-refractivity contribution in [3.05, 3.63) is 65.4 Å². The lowest BCUT2D eigenvalue weighted by Crippen LogP contribution is -2.47. The van der Waals surface area contributed by atoms with Gasteiger partial charge in [0.25, 0.3) is 0 Å². The van der Waals surface area contributed by atoms with Crippen LogP contribution in [-0.2, 0) is 22.4 Å². The van der Waals surface area contributed by atoms with Gasteiger partial charge in [0.15, 0.2) is 6.73 Å². The molecule has 0 saturated carbocycles. The van der Waals surface area contributed by atoms with Gasteiger partial charge in [0, 0.05) is 44.5 Å². The summed E-state index contributed by atoms with van der Waals surface area (Å²) in [6.07, 6.45) is 2.20. The summed E-state index contributed by atoms with van der Waals surface area (Å²) in [5.41, 5.74) is 4.66. The fraction of sp³-hybridized carbons (Fsp3) is 0.407. The molecule has 0 unspecified atom stereocenters. The number of carbonyl (C=O) groups is 1. The van der Waals surface area contributed by atoms with Crippen molar-refractivity contribution in [2.75, 3.05) is 49.3 Å². The average molecular weight is 477 g/mol. The molecule has 0 bridgehead atoms. The summed E-state index contributed by atoms with van der Waals surface area (Å²) in [4.78, 5) is 19.3. The molecule has 1 fully saturated rings. The number of fused-ring (bicyclic) bond motifs is 2. The van der Waals surface area contributed by atoms with Crippen LogP contribution in [0.4, 0.5) is 11.5 Å². The fourth-order valence-electron chi connectivity index (χ4n) is 4.81. The Morgan fingerprint density at radius 1 is 1.18 bits per heavy atom. The molecule has 3 aromatic rings. The van der Waals surface area contributed by atoms with Gasteiger partial charge in [-0.3, -0.25) is 14.6 Å². The normalized spacial score (nSPS) is 16.4. The molecule has 1 aromatic heterocycles. The molecular weight excluding hydrogens is 444 g/mol. The number of amides is 1. The minimum absolute atomic E-state index is 0.0983. The maximum Gasteiger partial charge on any atom is 0.234 e. The molecule has 0 spiro atoms. The first-order valence-electron chi connectivity index (χ1n) is 12.1. The Balaban J connectivity index is 1.18. The van der Waals surface area contributed by atoms with Crippen LogP contribution in [0.3, 0.4) is 0 Å². The highest BCUT2D eigenvalue weighted by molar-refractivity contribution is 7.13. The minimum atomic E-state index is 0.0983. The van der Waals surface area contributed by atoms with Crippen LogP contribution in [0.5, 0.6) is 0 Å². The molecule has 0 radical (unpaired) electrons. The van der Waals surface area contributed by atoms with Gasteiger partial charge in [0.1, 0.15) is 5.82 Å². The lowest BCUT2D eigenvalue weighted by atomic mass is 10.00. The zero-order valence-electron chi connectivity index (χ0n) is 20.0. The number of piperazine rings is 1. The van der Waals surface area contributed by atoms with Crippen LogP contribution in [-0.4, -0.2) is 54.6 Å². The van der Waals surface area contributed by atoms with Gasteiger partial charge in [-0.2, -0.15) is 4.37 Å². The summed E-state index contributed by atoms with van der Waals surface area (Å²) in [7, 11) is 0. The van der Waals surface area contributed by atoms with Gasteiger partial charge in [-0.15, -0.1) is 0 Å². The highest BCUT2D eigenvalue weighted by atomic mass is 32.1. The Morgan fingerprint density at radius 2 is 1.97 bits per heavy atom. The molecule has 0 aliphatic carbocycles. The van der Waals surface area contributed by atoms with E-state index in [1.807, 2.05) is 6.92 Å². The van der Waals surface area contributed by atoms with Gasteiger partial charge in [0.2, 0.25) is 5.91 Å². The van der Waals surface area contributed by atoms with Crippen molar-refractivity contribution in [2.24, 2.45) is 0 Å². The summed E-state index contributed by atoms with van der Waals surface area (Å²) in [6.45, 7) is 13.4. The number of anilines is 2. The molecule has 3 heterocycles. The zero-order valence-corrected chi connectivity index (χ0v) is 20.9. The lowest BCUT2D eigenvalue weighted by molar-refractivity contribution is -0.118. The van der Waals surface area contributed by atoms with Crippen molar-refractivity contribution in [1.29, 1.82) is 0 Å². The predicted molar refractivity (Wildman–Crippen MR) is 140 cm³/mol. The molecule has 178 valence electrons. The molecule has 2 aliphatic heterocycles. The van der Waals surface area contributed by atoms with Gasteiger partial charge in [0.05, 0.1) is 22.6 Å². The van der Waals surface area contributed by atoms with Crippen molar-refractivity contribution in [2.45, 2.75) is 33.1 Å². The third-order valence-electron chi connectivity index (χ3n) is 6.99. The molecule has 1 saturated heterocycles. The second-order valence-corrected chi connectivity index (χ2v) is 9.96. The lowest BCUT2D eigenvalue weighted by Gasteiger charge is -2.35. The summed E-state index contributed by atoms with van der Waals surface area (Å²) < 4.78 is 11.6. The van der Waals surface area contributed by atoms with Crippen LogP contribution in [0.2, 0.25) is 0 Å². The standard InChI is InChI=1S/C27H32N4O2S/c1-4-20(3)33-18-31-24-15-19(2)21(16-22(24)17-26(31)32)9-10-29-11-13-30(14-12-29)27-23-7-5-6-8-25(23)34-28-27/h5-8,15-16H,3-4,9-14,17-18H2,1-2H3. The Kier molecular flexibility index (Phi) is 6.57. The number of allylic oxidation sites excluding steroid dienone is 1. The Labute approximate surface area is 205 Å². The van der Waals surface area contributed by atoms with Gasteiger partial charge >= 0.3 is 0 Å². The summed E-state index contributed by atoms with van der Waals surface area (Å²) >= 11 is 1.59. The van der Waals surface area contributed by atoms with E-state index in [0.29, 0.717) is 12.2 Å². The number of benzene rings is 2. The topological polar surface area (TPSA) is 48.9 Å². The van der Waals surface area contributed by atoms with Gasteiger partial charge in [-0.05, 0) is 59.8 Å². The summed E-state index contributed by atoms with van der Waals surface area (Å²) in [5, 5.41) is 1.27. The Morgan fingerprint density at radius 3 is 2.76 bits per heavy atom. The summed E-state index contributed by atoms with van der Waals surface area (Å²) in [5.74, 6) is 1.94. The second kappa shape index (κ2) is 9.76. The molecule has 2 aromatic carbocycles. The molecule has 1 amide bonds. The van der Waals surface area contributed by atoms with E-state index in [2.05, 4.69) is 59.7 Å². The number of nitrogens with zero attached hydrogens (tertiary/aromatic N) is 4. The quantitative estimate of drug-likeness (QED) is 0.439. The van der Waals surface area contributed by atoms with Crippen molar-refractivity contribution in [3.63, 3.8) is 0 Å². The van der Waals surface area contributed by atoms with Gasteiger partial charge in [-0.1, -0.05) is 31.7 Å². The van der Waals surface area contributed by atoms with E-state index in [1.165, 1.54) is 21.2 Å². The number of hydrogen-bond donors (Lipinski definition) is 0. The van der Waals surface area contributed by atoms with E-state index < -0.39 is 0 Å². The van der Waals surface area contributed by atoms with Crippen LogP contribution in [0.1, 0.15) is 30.0 Å². The molecule has 2 aliphatic rings. The maximum absolute atomic E-state index is 12.6. The SMILES string of the molecule is C=C(CC)OCN1C(=O)Cc2cc(CCN3CCN(c4nsc5ccccc45)CC3)c(C)cc21. The van der Waals surface area contributed by atoms with Gasteiger partial charge < -0.3 is 9.64 Å². The second-order valence-electron chi connectivity index (χ2n) is 9.15. The first-order valence-corrected chi connectivity index (χ1v) is 12.9. The molecule has 34 heavy (non-hydrogen) atoms. The largest absolute Gasteiger partial charge is 0.478 e. The van der Waals surface area contributed by atoms with Gasteiger partial charge in [-0.25, -0.2) is 0 Å². The van der Waals surface area contributed by atoms with Crippen molar-refractivity contribution in [1.82, 2.24) is 9.27 Å². The van der Waals surface area contributed by atoms with Crippen molar-refractivity contribution < 1.29 is 9.53 Å². The number of ether oxygens (including phenoxy) is 1. The fourth-order valence-corrected chi connectivity index (χ4v) is 5.60. The van der Waals surface area contributed by atoms with Crippen molar-refractivity contribution >= 4 is 39.0 Å². The minimum Gasteiger partial charge on any atom is -0.478 e. The van der Waals surface area contributed by atoms with E-state index in [0.717, 1.165) is 62.6 Å². The smallest absolute Gasteiger partial charge is 0.234 e. The predicted octanol–water partition coefficient (Wildman–Crippen LogP) is 4.76. The zero-order chi connectivity index (χ0) is 23.7. The molecular formula is C27H32N4O2S. The van der Waals surface area contributed by atoms with Crippen LogP contribution in [0.15, 0.2) is 48.7 Å². The average Bonchev–Trinajstić information content (AvgIpc) is 3.41. The van der Waals surface area contributed by atoms with Crippen LogP contribution in [0, 0.1) is 6.92 Å². The first-order chi connectivity index (χ1) is 16.5. The Bertz CT molecular complexity index is 1210. The van der Waals surface area contributed by atoms with E-state index >= 15 is 0 Å². The molecule has 7 heteroatoms. The number of hydrogen-bond acceptors (Lipinski definition) is 6. The van der Waals surface area contributed by atoms with Crippen molar-refractivity contribution in [3.8, 4) is 0 Å². The summed E-state index contributed by atoms with van der Waals surface area (Å²) in [6, 6.07) is 12.9. The molecule has 6 nitrogen and oxygen atoms in total. The number of rotatable bonds is 8. The van der Waals surface area contributed by atoms with E-state index in [-0.39, 0.29) is 12.6 Å². The van der Waals surface area contributed by atoms with Crippen LogP contribution < -0.4 is 9.80 Å². The molecule has 5 rings (SSSR count). The first kappa shape index (κ1) is 22.9. The molecule has 0 N–H and O–H groups in total. The third-order valence-corrected chi connectivity index (χ3v) is 7.81. The Hall–Kier alpha value is -2.90. The molecule has 0 atom stereocenters.